The molecule has 3 nitrogen and oxygen atoms in total. The number of pyridine rings is 1. The van der Waals surface area contributed by atoms with Gasteiger partial charge in [-0.25, -0.2) is 0 Å². The molecule has 106 valence electrons. The van der Waals surface area contributed by atoms with Gasteiger partial charge in [-0.2, -0.15) is 0 Å². The lowest BCUT2D eigenvalue weighted by molar-refractivity contribution is 0.412. The van der Waals surface area contributed by atoms with Crippen LogP contribution in [0, 0.1) is 0 Å². The predicted octanol–water partition coefficient (Wildman–Crippen LogP) is 4.05. The monoisotopic (exact) mass is 342 g/mol. The third-order valence-corrected chi connectivity index (χ3v) is 4.17. The van der Waals surface area contributed by atoms with Gasteiger partial charge >= 0.3 is 0 Å². The topological polar surface area (TPSA) is 48.1 Å². The summed E-state index contributed by atoms with van der Waals surface area (Å²) in [5, 5.41) is 1.08. The molecule has 0 aliphatic heterocycles. The molecule has 1 unspecified atom stereocenters. The highest BCUT2D eigenvalue weighted by Gasteiger charge is 2.14. The quantitative estimate of drug-likeness (QED) is 0.780. The Hall–Kier alpha value is -1.91. The number of rotatable bonds is 3. The maximum absolute atomic E-state index is 6.45. The highest BCUT2D eigenvalue weighted by molar-refractivity contribution is 9.10. The second kappa shape index (κ2) is 5.84. The Morgan fingerprint density at radius 2 is 2.00 bits per heavy atom. The predicted molar refractivity (Wildman–Crippen MR) is 88.5 cm³/mol. The Kier molecular flexibility index (Phi) is 3.90. The molecular weight excluding hydrogens is 328 g/mol. The number of nitrogens with two attached hydrogens (primary N) is 1. The summed E-state index contributed by atoms with van der Waals surface area (Å²) in [5.41, 5.74) is 9.50. The van der Waals surface area contributed by atoms with Crippen molar-refractivity contribution in [1.29, 1.82) is 0 Å². The summed E-state index contributed by atoms with van der Waals surface area (Å²) < 4.78 is 6.16. The van der Waals surface area contributed by atoms with E-state index in [0.29, 0.717) is 0 Å². The third-order valence-electron chi connectivity index (χ3n) is 3.55. The summed E-state index contributed by atoms with van der Waals surface area (Å²) in [5.74, 6) is 0.797. The van der Waals surface area contributed by atoms with Crippen LogP contribution >= 0.6 is 15.9 Å². The molecule has 1 heterocycles. The number of aromatic nitrogens is 1. The van der Waals surface area contributed by atoms with Gasteiger partial charge in [0.2, 0.25) is 0 Å². The Bertz CT molecular complexity index is 783. The van der Waals surface area contributed by atoms with Crippen molar-refractivity contribution in [3.05, 3.63) is 70.3 Å². The number of hydrogen-bond donors (Lipinski definition) is 1. The number of methoxy groups -OCH3 is 1. The SMILES string of the molecule is COc1ccc(C(N)c2cccc3ncccc23)cc1Br. The third kappa shape index (κ3) is 2.64. The molecule has 0 saturated carbocycles. The van der Waals surface area contributed by atoms with Crippen molar-refractivity contribution in [2.24, 2.45) is 5.73 Å². The lowest BCUT2D eigenvalue weighted by Crippen LogP contribution is -2.12. The van der Waals surface area contributed by atoms with Gasteiger partial charge < -0.3 is 10.5 Å². The molecule has 1 aromatic heterocycles. The lowest BCUT2D eigenvalue weighted by atomic mass is 9.96. The number of fused-ring (bicyclic) bond motifs is 1. The molecule has 0 fully saturated rings. The Morgan fingerprint density at radius 1 is 1.14 bits per heavy atom. The number of nitrogens with zero attached hydrogens (tertiary/aromatic N) is 1. The Morgan fingerprint density at radius 3 is 2.76 bits per heavy atom. The van der Waals surface area contributed by atoms with Crippen LogP contribution in [0.1, 0.15) is 17.2 Å². The first-order valence-corrected chi connectivity index (χ1v) is 7.42. The van der Waals surface area contributed by atoms with Crippen LogP contribution in [0.15, 0.2) is 59.2 Å². The molecular formula is C17H15BrN2O. The van der Waals surface area contributed by atoms with Crippen molar-refractivity contribution in [2.75, 3.05) is 7.11 Å². The minimum Gasteiger partial charge on any atom is -0.496 e. The van der Waals surface area contributed by atoms with Crippen LogP contribution in [-0.4, -0.2) is 12.1 Å². The first kappa shape index (κ1) is 14.0. The smallest absolute Gasteiger partial charge is 0.133 e. The van der Waals surface area contributed by atoms with Gasteiger partial charge in [-0.05, 0) is 51.3 Å². The van der Waals surface area contributed by atoms with Crippen LogP contribution < -0.4 is 10.5 Å². The molecule has 0 spiro atoms. The molecule has 0 radical (unpaired) electrons. The maximum atomic E-state index is 6.45. The van der Waals surface area contributed by atoms with Crippen molar-refractivity contribution in [1.82, 2.24) is 4.98 Å². The molecule has 0 aliphatic carbocycles. The van der Waals surface area contributed by atoms with Crippen LogP contribution in [0.25, 0.3) is 10.9 Å². The van der Waals surface area contributed by atoms with Gasteiger partial charge in [0.1, 0.15) is 5.75 Å². The van der Waals surface area contributed by atoms with Crippen LogP contribution in [-0.2, 0) is 0 Å². The molecule has 2 aromatic carbocycles. The van der Waals surface area contributed by atoms with E-state index in [1.165, 1.54) is 0 Å². The lowest BCUT2D eigenvalue weighted by Gasteiger charge is -2.16. The summed E-state index contributed by atoms with van der Waals surface area (Å²) in [7, 11) is 1.65. The van der Waals surface area contributed by atoms with E-state index < -0.39 is 0 Å². The normalized spacial score (nSPS) is 12.3. The van der Waals surface area contributed by atoms with Gasteiger partial charge in [-0.1, -0.05) is 24.3 Å². The molecule has 0 bridgehead atoms. The molecule has 0 amide bonds. The van der Waals surface area contributed by atoms with Gasteiger partial charge in [0.15, 0.2) is 0 Å². The van der Waals surface area contributed by atoms with E-state index >= 15 is 0 Å². The molecule has 3 rings (SSSR count). The van der Waals surface area contributed by atoms with E-state index in [2.05, 4.69) is 27.0 Å². The largest absolute Gasteiger partial charge is 0.496 e. The van der Waals surface area contributed by atoms with E-state index in [-0.39, 0.29) is 6.04 Å². The molecule has 0 saturated heterocycles. The fraction of sp³-hybridized carbons (Fsp3) is 0.118. The van der Waals surface area contributed by atoms with E-state index in [0.717, 1.165) is 32.3 Å². The molecule has 4 heteroatoms. The van der Waals surface area contributed by atoms with E-state index in [9.17, 15) is 0 Å². The summed E-state index contributed by atoms with van der Waals surface area (Å²) in [4.78, 5) is 4.38. The summed E-state index contributed by atoms with van der Waals surface area (Å²) in [6.45, 7) is 0. The molecule has 21 heavy (non-hydrogen) atoms. The van der Waals surface area contributed by atoms with Crippen molar-refractivity contribution in [3.63, 3.8) is 0 Å². The molecule has 2 N–H and O–H groups in total. The van der Waals surface area contributed by atoms with Gasteiger partial charge in [-0.3, -0.25) is 4.98 Å². The fourth-order valence-electron chi connectivity index (χ4n) is 2.45. The van der Waals surface area contributed by atoms with E-state index in [1.54, 1.807) is 13.3 Å². The zero-order chi connectivity index (χ0) is 14.8. The van der Waals surface area contributed by atoms with Gasteiger partial charge in [0.05, 0.1) is 23.1 Å². The van der Waals surface area contributed by atoms with Crippen molar-refractivity contribution < 1.29 is 4.74 Å². The van der Waals surface area contributed by atoms with E-state index in [4.69, 9.17) is 10.5 Å². The van der Waals surface area contributed by atoms with Gasteiger partial charge in [-0.15, -0.1) is 0 Å². The number of halogens is 1. The minimum absolute atomic E-state index is 0.208. The van der Waals surface area contributed by atoms with Crippen molar-refractivity contribution in [2.45, 2.75) is 6.04 Å². The Labute approximate surface area is 131 Å². The van der Waals surface area contributed by atoms with Crippen LogP contribution in [0.3, 0.4) is 0 Å². The highest BCUT2D eigenvalue weighted by atomic mass is 79.9. The van der Waals surface area contributed by atoms with Crippen molar-refractivity contribution >= 4 is 26.8 Å². The summed E-state index contributed by atoms with van der Waals surface area (Å²) in [6, 6.07) is 15.7. The molecule has 0 aliphatic rings. The Balaban J connectivity index is 2.08. The standard InChI is InChI=1S/C17H15BrN2O/c1-21-16-8-7-11(10-14(16)18)17(19)13-4-2-6-15-12(13)5-3-9-20-15/h2-10,17H,19H2,1H3. The summed E-state index contributed by atoms with van der Waals surface area (Å²) in [6.07, 6.45) is 1.79. The molecule has 3 aromatic rings. The number of hydrogen-bond acceptors (Lipinski definition) is 3. The number of benzene rings is 2. The number of ether oxygens (including phenoxy) is 1. The average molecular weight is 343 g/mol. The maximum Gasteiger partial charge on any atom is 0.133 e. The minimum atomic E-state index is -0.208. The first-order chi connectivity index (χ1) is 10.2. The molecule has 1 atom stereocenters. The second-order valence-corrected chi connectivity index (χ2v) is 5.64. The summed E-state index contributed by atoms with van der Waals surface area (Å²) >= 11 is 3.50. The zero-order valence-corrected chi connectivity index (χ0v) is 13.2. The zero-order valence-electron chi connectivity index (χ0n) is 11.6. The highest BCUT2D eigenvalue weighted by Crippen LogP contribution is 2.31. The van der Waals surface area contributed by atoms with Gasteiger partial charge in [0, 0.05) is 11.6 Å². The van der Waals surface area contributed by atoms with Gasteiger partial charge in [0.25, 0.3) is 0 Å². The van der Waals surface area contributed by atoms with Crippen molar-refractivity contribution in [3.8, 4) is 5.75 Å². The fourth-order valence-corrected chi connectivity index (χ4v) is 3.01. The van der Waals surface area contributed by atoms with Crippen LogP contribution in [0.4, 0.5) is 0 Å². The van der Waals surface area contributed by atoms with E-state index in [1.807, 2.05) is 42.5 Å². The second-order valence-electron chi connectivity index (χ2n) is 4.79. The van der Waals surface area contributed by atoms with Crippen LogP contribution in [0.5, 0.6) is 5.75 Å². The average Bonchev–Trinajstić information content (AvgIpc) is 2.53. The van der Waals surface area contributed by atoms with Crippen LogP contribution in [0.2, 0.25) is 0 Å². The first-order valence-electron chi connectivity index (χ1n) is 6.63.